The zero-order valence-corrected chi connectivity index (χ0v) is 40.7. The van der Waals surface area contributed by atoms with Crippen LogP contribution in [0.2, 0.25) is 0 Å². The highest BCUT2D eigenvalue weighted by Crippen LogP contribution is 2.43. The van der Waals surface area contributed by atoms with Crippen molar-refractivity contribution in [2.45, 2.75) is 232 Å². The first kappa shape index (κ1) is 59.7. The molecule has 0 aromatic heterocycles. The van der Waals surface area contributed by atoms with E-state index in [1.165, 1.54) is 109 Å². The molecule has 0 heterocycles. The zero-order valence-electron chi connectivity index (χ0n) is 39.8. The lowest BCUT2D eigenvalue weighted by atomic mass is 10.0. The highest BCUT2D eigenvalue weighted by molar-refractivity contribution is 7.47. The van der Waals surface area contributed by atoms with Gasteiger partial charge in [0.05, 0.1) is 13.2 Å². The number of nitrogens with two attached hydrogens (primary N) is 1. The third kappa shape index (κ3) is 47.2. The molecule has 0 saturated heterocycles. The molecule has 2 unspecified atom stereocenters. The quantitative estimate of drug-likeness (QED) is 0.0265. The molecule has 360 valence electrons. The van der Waals surface area contributed by atoms with Gasteiger partial charge >= 0.3 is 19.8 Å². The predicted octanol–water partition coefficient (Wildman–Crippen LogP) is 15.2. The van der Waals surface area contributed by atoms with Crippen LogP contribution in [0.4, 0.5) is 0 Å². The molecule has 62 heavy (non-hydrogen) atoms. The van der Waals surface area contributed by atoms with Gasteiger partial charge in [0, 0.05) is 19.4 Å². The van der Waals surface area contributed by atoms with Gasteiger partial charge in [0.2, 0.25) is 0 Å². The Morgan fingerprint density at radius 3 is 1.34 bits per heavy atom. The van der Waals surface area contributed by atoms with E-state index in [1.54, 1.807) is 0 Å². The molecular weight excluding hydrogens is 798 g/mol. The maximum Gasteiger partial charge on any atom is 0.472 e. The minimum absolute atomic E-state index is 0.0503. The smallest absolute Gasteiger partial charge is 0.462 e. The van der Waals surface area contributed by atoms with Gasteiger partial charge in [-0.2, -0.15) is 0 Å². The van der Waals surface area contributed by atoms with E-state index in [4.69, 9.17) is 24.3 Å². The Balaban J connectivity index is 4.07. The largest absolute Gasteiger partial charge is 0.472 e. The number of unbranched alkanes of at least 4 members (excludes halogenated alkanes) is 24. The average molecular weight is 892 g/mol. The Bertz CT molecular complexity index is 1200. The summed E-state index contributed by atoms with van der Waals surface area (Å²) >= 11 is 0. The fourth-order valence-electron chi connectivity index (χ4n) is 6.92. The molecule has 0 spiro atoms. The van der Waals surface area contributed by atoms with Crippen molar-refractivity contribution in [3.8, 4) is 0 Å². The van der Waals surface area contributed by atoms with Crippen LogP contribution < -0.4 is 5.73 Å². The van der Waals surface area contributed by atoms with E-state index in [2.05, 4.69) is 74.6 Å². The number of phosphoric acid groups is 1. The first-order valence-electron chi connectivity index (χ1n) is 25.3. The molecule has 2 atom stereocenters. The van der Waals surface area contributed by atoms with Crippen LogP contribution in [0.3, 0.4) is 0 Å². The SMILES string of the molecule is CC/C=C\C/C=C\C/C=C\C/C=C\CCCCCCCCCCCCC(=O)OC(COC(=O)CCCCCCCCC/C=C\CCCCCCCCC)COP(=O)(O)OCCN. The van der Waals surface area contributed by atoms with Gasteiger partial charge in [0.25, 0.3) is 0 Å². The summed E-state index contributed by atoms with van der Waals surface area (Å²) in [7, 11) is -4.39. The molecule has 0 fully saturated rings. The van der Waals surface area contributed by atoms with E-state index in [1.807, 2.05) is 0 Å². The van der Waals surface area contributed by atoms with Gasteiger partial charge in [0.15, 0.2) is 6.10 Å². The van der Waals surface area contributed by atoms with E-state index < -0.39 is 26.5 Å². The number of hydrogen-bond donors (Lipinski definition) is 2. The van der Waals surface area contributed by atoms with E-state index in [9.17, 15) is 19.0 Å². The standard InChI is InChI=1S/C52H94NO8P/c1-3-5-7-9-11-13-15-17-19-21-23-24-25-26-27-29-31-33-35-37-39-41-43-45-52(55)61-50(49-60-62(56,57)59-47-46-53)48-58-51(54)44-42-40-38-36-34-32-30-28-22-20-18-16-14-12-10-8-6-4-2/h5,7,11,13,17,19-20,22-24,50H,3-4,6,8-10,12,14-16,18,21,25-49,53H2,1-2H3,(H,56,57)/b7-5-,13-11-,19-17-,22-20-,24-23-. The van der Waals surface area contributed by atoms with Gasteiger partial charge in [-0.05, 0) is 77.0 Å². The number of ether oxygens (including phenoxy) is 2. The van der Waals surface area contributed by atoms with Crippen molar-refractivity contribution < 1.29 is 37.6 Å². The van der Waals surface area contributed by atoms with Gasteiger partial charge in [-0.15, -0.1) is 0 Å². The predicted molar refractivity (Wildman–Crippen MR) is 261 cm³/mol. The van der Waals surface area contributed by atoms with Crippen molar-refractivity contribution in [2.75, 3.05) is 26.4 Å². The average Bonchev–Trinajstić information content (AvgIpc) is 3.26. The molecule has 0 aliphatic rings. The molecule has 9 nitrogen and oxygen atoms in total. The highest BCUT2D eigenvalue weighted by atomic mass is 31.2. The highest BCUT2D eigenvalue weighted by Gasteiger charge is 2.26. The Morgan fingerprint density at radius 2 is 0.887 bits per heavy atom. The lowest BCUT2D eigenvalue weighted by Crippen LogP contribution is -2.29. The third-order valence-corrected chi connectivity index (χ3v) is 11.6. The lowest BCUT2D eigenvalue weighted by Gasteiger charge is -2.19. The normalized spacial score (nSPS) is 13.7. The van der Waals surface area contributed by atoms with Gasteiger partial charge < -0.3 is 20.1 Å². The molecule has 0 amide bonds. The van der Waals surface area contributed by atoms with Crippen LogP contribution >= 0.6 is 7.82 Å². The van der Waals surface area contributed by atoms with Crippen LogP contribution in [-0.4, -0.2) is 49.3 Å². The first-order chi connectivity index (χ1) is 30.3. The summed E-state index contributed by atoms with van der Waals surface area (Å²) in [6.45, 7) is 3.63. The number of hydrogen-bond acceptors (Lipinski definition) is 8. The van der Waals surface area contributed by atoms with Crippen LogP contribution in [0.15, 0.2) is 60.8 Å². The van der Waals surface area contributed by atoms with E-state index >= 15 is 0 Å². The number of phosphoric ester groups is 1. The molecule has 0 bridgehead atoms. The number of allylic oxidation sites excluding steroid dienone is 10. The van der Waals surface area contributed by atoms with Crippen molar-refractivity contribution in [3.63, 3.8) is 0 Å². The Kier molecular flexibility index (Phi) is 46.4. The molecule has 0 radical (unpaired) electrons. The Morgan fingerprint density at radius 1 is 0.500 bits per heavy atom. The molecular formula is C52H94NO8P. The third-order valence-electron chi connectivity index (χ3n) is 10.6. The van der Waals surface area contributed by atoms with Crippen molar-refractivity contribution in [1.29, 1.82) is 0 Å². The zero-order chi connectivity index (χ0) is 45.3. The second-order valence-corrected chi connectivity index (χ2v) is 18.1. The number of esters is 2. The maximum atomic E-state index is 12.7. The molecule has 3 N–H and O–H groups in total. The van der Waals surface area contributed by atoms with Gasteiger partial charge in [-0.25, -0.2) is 4.57 Å². The molecule has 0 rings (SSSR count). The van der Waals surface area contributed by atoms with E-state index in [-0.39, 0.29) is 38.6 Å². The van der Waals surface area contributed by atoms with E-state index in [0.717, 1.165) is 83.5 Å². The second-order valence-electron chi connectivity index (χ2n) is 16.7. The first-order valence-corrected chi connectivity index (χ1v) is 26.8. The summed E-state index contributed by atoms with van der Waals surface area (Å²) < 4.78 is 32.9. The molecule has 0 aliphatic carbocycles. The molecule has 0 aliphatic heterocycles. The summed E-state index contributed by atoms with van der Waals surface area (Å²) in [5, 5.41) is 0. The minimum atomic E-state index is -4.39. The van der Waals surface area contributed by atoms with Gasteiger partial charge in [0.1, 0.15) is 6.61 Å². The van der Waals surface area contributed by atoms with Crippen molar-refractivity contribution in [1.82, 2.24) is 0 Å². The summed E-state index contributed by atoms with van der Waals surface area (Å²) in [4.78, 5) is 35.0. The van der Waals surface area contributed by atoms with Crippen LogP contribution in [0.25, 0.3) is 0 Å². The summed E-state index contributed by atoms with van der Waals surface area (Å²) in [5.41, 5.74) is 5.37. The lowest BCUT2D eigenvalue weighted by molar-refractivity contribution is -0.161. The summed E-state index contributed by atoms with van der Waals surface area (Å²) in [5.74, 6) is -0.835. The molecule has 0 aromatic carbocycles. The van der Waals surface area contributed by atoms with Crippen molar-refractivity contribution in [3.05, 3.63) is 60.8 Å². The van der Waals surface area contributed by atoms with Crippen LogP contribution in [0.5, 0.6) is 0 Å². The number of carbonyl (C=O) groups excluding carboxylic acids is 2. The van der Waals surface area contributed by atoms with Gasteiger partial charge in [-0.1, -0.05) is 197 Å². The van der Waals surface area contributed by atoms with Crippen molar-refractivity contribution >= 4 is 19.8 Å². The topological polar surface area (TPSA) is 134 Å². The number of rotatable bonds is 47. The molecule has 0 saturated carbocycles. The van der Waals surface area contributed by atoms with Crippen LogP contribution in [0, 0.1) is 0 Å². The summed E-state index contributed by atoms with van der Waals surface area (Å²) in [6.07, 6.45) is 58.2. The fourth-order valence-corrected chi connectivity index (χ4v) is 7.68. The minimum Gasteiger partial charge on any atom is -0.462 e. The van der Waals surface area contributed by atoms with Crippen LogP contribution in [-0.2, 0) is 32.7 Å². The Labute approximate surface area is 380 Å². The maximum absolute atomic E-state index is 12.7. The van der Waals surface area contributed by atoms with Crippen molar-refractivity contribution in [2.24, 2.45) is 5.73 Å². The van der Waals surface area contributed by atoms with Crippen LogP contribution in [0.1, 0.15) is 226 Å². The second kappa shape index (κ2) is 48.2. The Hall–Kier alpha value is -2.29. The molecule has 10 heteroatoms. The monoisotopic (exact) mass is 892 g/mol. The molecule has 0 aromatic rings. The number of carbonyl (C=O) groups is 2. The fraction of sp³-hybridized carbons (Fsp3) is 0.769. The van der Waals surface area contributed by atoms with Gasteiger partial charge in [-0.3, -0.25) is 18.6 Å². The summed E-state index contributed by atoms with van der Waals surface area (Å²) in [6, 6.07) is 0. The van der Waals surface area contributed by atoms with E-state index in [0.29, 0.717) is 6.42 Å².